The van der Waals surface area contributed by atoms with Gasteiger partial charge in [-0.15, -0.1) is 11.6 Å². The summed E-state index contributed by atoms with van der Waals surface area (Å²) in [4.78, 5) is 11.2. The van der Waals surface area contributed by atoms with E-state index in [0.29, 0.717) is 5.56 Å². The van der Waals surface area contributed by atoms with E-state index in [1.807, 2.05) is 6.07 Å². The van der Waals surface area contributed by atoms with E-state index >= 15 is 0 Å². The van der Waals surface area contributed by atoms with Crippen molar-refractivity contribution in [2.75, 3.05) is 0 Å². The second kappa shape index (κ2) is 4.45. The highest BCUT2D eigenvalue weighted by Crippen LogP contribution is 1.99. The molecule has 0 saturated carbocycles. The number of rotatable bonds is 2. The summed E-state index contributed by atoms with van der Waals surface area (Å²) in [5.41, 5.74) is 0.0938. The zero-order valence-electron chi connectivity index (χ0n) is 7.14. The highest BCUT2D eigenvalue weighted by molar-refractivity contribution is 6.22. The highest BCUT2D eigenvalue weighted by Gasteiger charge is 2.05. The Kier molecular flexibility index (Phi) is 3.28. The quantitative estimate of drug-likeness (QED) is 0.675. The number of halogens is 1. The molecular formula is C9H6ClN3O. The first kappa shape index (κ1) is 10.3. The molecule has 0 saturated heterocycles. The van der Waals surface area contributed by atoms with Gasteiger partial charge >= 0.3 is 0 Å². The third-order valence-electron chi connectivity index (χ3n) is 1.61. The molecule has 0 aliphatic heterocycles. The molecule has 1 atom stereocenters. The van der Waals surface area contributed by atoms with Crippen LogP contribution in [0.5, 0.6) is 0 Å². The van der Waals surface area contributed by atoms with Crippen LogP contribution in [0.25, 0.3) is 0 Å². The Morgan fingerprint density at radius 1 is 1.50 bits per heavy atom. The molecule has 1 aromatic heterocycles. The van der Waals surface area contributed by atoms with E-state index in [9.17, 15) is 4.79 Å². The molecule has 0 amide bonds. The van der Waals surface area contributed by atoms with Gasteiger partial charge < -0.3 is 4.57 Å². The number of nitriles is 2. The van der Waals surface area contributed by atoms with Gasteiger partial charge in [0.25, 0.3) is 5.56 Å². The first-order chi connectivity index (χ1) is 6.67. The fourth-order valence-electron chi connectivity index (χ4n) is 0.954. The monoisotopic (exact) mass is 207 g/mol. The molecule has 0 bridgehead atoms. The summed E-state index contributed by atoms with van der Waals surface area (Å²) in [7, 11) is 0. The van der Waals surface area contributed by atoms with Crippen LogP contribution in [-0.4, -0.2) is 9.94 Å². The van der Waals surface area contributed by atoms with E-state index in [1.54, 1.807) is 6.07 Å². The van der Waals surface area contributed by atoms with Crippen LogP contribution in [-0.2, 0) is 6.54 Å². The van der Waals surface area contributed by atoms with Crippen molar-refractivity contribution in [3.8, 4) is 12.1 Å². The Bertz CT molecular complexity index is 466. The molecule has 0 spiro atoms. The van der Waals surface area contributed by atoms with Gasteiger partial charge in [-0.05, 0) is 6.07 Å². The number of hydrogen-bond acceptors (Lipinski definition) is 3. The molecule has 1 rings (SSSR count). The molecule has 1 aromatic rings. The van der Waals surface area contributed by atoms with Crippen LogP contribution in [0.15, 0.2) is 23.1 Å². The van der Waals surface area contributed by atoms with Crippen LogP contribution in [0.4, 0.5) is 0 Å². The number of alkyl halides is 1. The molecule has 0 aliphatic carbocycles. The second-order valence-corrected chi connectivity index (χ2v) is 3.14. The lowest BCUT2D eigenvalue weighted by atomic mass is 10.3. The van der Waals surface area contributed by atoms with Gasteiger partial charge in [0.2, 0.25) is 0 Å². The Labute approximate surface area is 85.6 Å². The topological polar surface area (TPSA) is 69.6 Å². The van der Waals surface area contributed by atoms with E-state index in [0.717, 1.165) is 0 Å². The minimum atomic E-state index is -0.762. The Morgan fingerprint density at radius 2 is 2.21 bits per heavy atom. The first-order valence-corrected chi connectivity index (χ1v) is 4.25. The highest BCUT2D eigenvalue weighted by atomic mass is 35.5. The average Bonchev–Trinajstić information content (AvgIpc) is 2.21. The van der Waals surface area contributed by atoms with Crippen molar-refractivity contribution in [1.82, 2.24) is 4.57 Å². The Balaban J connectivity index is 3.04. The molecule has 0 N–H and O–H groups in total. The first-order valence-electron chi connectivity index (χ1n) is 3.81. The van der Waals surface area contributed by atoms with E-state index in [2.05, 4.69) is 0 Å². The molecule has 0 aromatic carbocycles. The summed E-state index contributed by atoms with van der Waals surface area (Å²) in [5.74, 6) is 0. The van der Waals surface area contributed by atoms with Crippen molar-refractivity contribution in [2.24, 2.45) is 0 Å². The lowest BCUT2D eigenvalue weighted by Gasteiger charge is -2.04. The molecule has 1 unspecified atom stereocenters. The van der Waals surface area contributed by atoms with Crippen LogP contribution in [0.2, 0.25) is 0 Å². The third-order valence-corrected chi connectivity index (χ3v) is 1.85. The fraction of sp³-hybridized carbons (Fsp3) is 0.222. The summed E-state index contributed by atoms with van der Waals surface area (Å²) in [6, 6.07) is 6.40. The SMILES string of the molecule is N#Cc1ccc(=O)n(CC(Cl)C#N)c1. The van der Waals surface area contributed by atoms with Crippen LogP contribution >= 0.6 is 11.6 Å². The van der Waals surface area contributed by atoms with Crippen LogP contribution in [0.1, 0.15) is 5.56 Å². The molecule has 1 heterocycles. The van der Waals surface area contributed by atoms with E-state index < -0.39 is 5.38 Å². The van der Waals surface area contributed by atoms with Crippen molar-refractivity contribution in [1.29, 1.82) is 10.5 Å². The zero-order valence-corrected chi connectivity index (χ0v) is 7.90. The molecule has 70 valence electrons. The van der Waals surface area contributed by atoms with Crippen molar-refractivity contribution >= 4 is 11.6 Å². The van der Waals surface area contributed by atoms with Gasteiger partial charge in [-0.25, -0.2) is 0 Å². The van der Waals surface area contributed by atoms with Crippen molar-refractivity contribution in [3.05, 3.63) is 34.2 Å². The lowest BCUT2D eigenvalue weighted by molar-refractivity contribution is 0.689. The molecule has 0 fully saturated rings. The maximum absolute atomic E-state index is 11.2. The number of aromatic nitrogens is 1. The summed E-state index contributed by atoms with van der Waals surface area (Å²) < 4.78 is 1.25. The number of nitrogens with zero attached hydrogens (tertiary/aromatic N) is 3. The maximum Gasteiger partial charge on any atom is 0.250 e. The summed E-state index contributed by atoms with van der Waals surface area (Å²) in [6.07, 6.45) is 1.38. The fourth-order valence-corrected chi connectivity index (χ4v) is 1.10. The summed E-state index contributed by atoms with van der Waals surface area (Å²) >= 11 is 5.56. The normalized spacial score (nSPS) is 11.4. The van der Waals surface area contributed by atoms with Gasteiger partial charge in [-0.3, -0.25) is 4.79 Å². The molecule has 5 heteroatoms. The molecule has 0 aliphatic rings. The van der Waals surface area contributed by atoms with Crippen molar-refractivity contribution < 1.29 is 0 Å². The van der Waals surface area contributed by atoms with Crippen LogP contribution in [0, 0.1) is 22.7 Å². The Hall–Kier alpha value is -1.78. The van der Waals surface area contributed by atoms with E-state index in [1.165, 1.54) is 22.9 Å². The second-order valence-electron chi connectivity index (χ2n) is 2.62. The van der Waals surface area contributed by atoms with Gasteiger partial charge in [-0.2, -0.15) is 10.5 Å². The standard InChI is InChI=1S/C9H6ClN3O/c10-8(4-12)6-13-5-7(3-11)1-2-9(13)14/h1-2,5,8H,6H2. The third kappa shape index (κ3) is 2.35. The van der Waals surface area contributed by atoms with Gasteiger partial charge in [-0.1, -0.05) is 0 Å². The number of hydrogen-bond donors (Lipinski definition) is 0. The van der Waals surface area contributed by atoms with Crippen LogP contribution < -0.4 is 5.56 Å². The molecule has 14 heavy (non-hydrogen) atoms. The minimum absolute atomic E-state index is 0.0897. The maximum atomic E-state index is 11.2. The summed E-state index contributed by atoms with van der Waals surface area (Å²) in [6.45, 7) is 0.0897. The molecule has 4 nitrogen and oxygen atoms in total. The molecule has 0 radical (unpaired) electrons. The van der Waals surface area contributed by atoms with Crippen LogP contribution in [0.3, 0.4) is 0 Å². The zero-order chi connectivity index (χ0) is 10.6. The van der Waals surface area contributed by atoms with Gasteiger partial charge in [0.15, 0.2) is 0 Å². The number of pyridine rings is 1. The smallest absolute Gasteiger partial charge is 0.250 e. The predicted octanol–water partition coefficient (Wildman–Crippen LogP) is 0.851. The van der Waals surface area contributed by atoms with E-state index in [4.69, 9.17) is 22.1 Å². The summed E-state index contributed by atoms with van der Waals surface area (Å²) in [5, 5.41) is 16.3. The lowest BCUT2D eigenvalue weighted by Crippen LogP contribution is -2.22. The van der Waals surface area contributed by atoms with Crippen molar-refractivity contribution in [3.63, 3.8) is 0 Å². The van der Waals surface area contributed by atoms with Gasteiger partial charge in [0, 0.05) is 12.3 Å². The Morgan fingerprint density at radius 3 is 2.79 bits per heavy atom. The van der Waals surface area contributed by atoms with Gasteiger partial charge in [0.05, 0.1) is 18.2 Å². The predicted molar refractivity (Wildman–Crippen MR) is 50.7 cm³/mol. The van der Waals surface area contributed by atoms with Gasteiger partial charge in [0.1, 0.15) is 11.4 Å². The average molecular weight is 208 g/mol. The van der Waals surface area contributed by atoms with Crippen molar-refractivity contribution in [2.45, 2.75) is 11.9 Å². The molecular weight excluding hydrogens is 202 g/mol. The minimum Gasteiger partial charge on any atom is -0.312 e. The van der Waals surface area contributed by atoms with E-state index in [-0.39, 0.29) is 12.1 Å². The largest absolute Gasteiger partial charge is 0.312 e.